The summed E-state index contributed by atoms with van der Waals surface area (Å²) in [6.07, 6.45) is 0. The Labute approximate surface area is 60.0 Å². The third-order valence-corrected chi connectivity index (χ3v) is 1.38. The minimum atomic E-state index is -0.159. The van der Waals surface area contributed by atoms with E-state index < -0.39 is 0 Å². The summed E-state index contributed by atoms with van der Waals surface area (Å²) in [7, 11) is 0. The first kappa shape index (κ1) is 7.31. The van der Waals surface area contributed by atoms with Gasteiger partial charge in [-0.1, -0.05) is 0 Å². The van der Waals surface area contributed by atoms with E-state index in [1.807, 2.05) is 19.1 Å². The molecule has 10 heavy (non-hydrogen) atoms. The van der Waals surface area contributed by atoms with Gasteiger partial charge in [0.1, 0.15) is 11.5 Å². The molecule has 3 heteroatoms. The fourth-order valence-electron chi connectivity index (χ4n) is 0.769. The van der Waals surface area contributed by atoms with Crippen molar-refractivity contribution < 1.29 is 4.42 Å². The number of furan rings is 1. The largest absolute Gasteiger partial charge is 0.465 e. The van der Waals surface area contributed by atoms with E-state index in [0.29, 0.717) is 6.54 Å². The van der Waals surface area contributed by atoms with E-state index in [0.717, 1.165) is 11.5 Å². The Morgan fingerprint density at radius 2 is 2.30 bits per heavy atom. The minimum absolute atomic E-state index is 0.159. The summed E-state index contributed by atoms with van der Waals surface area (Å²) in [6.45, 7) is 2.31. The first-order chi connectivity index (χ1) is 4.74. The quantitative estimate of drug-likeness (QED) is 0.630. The van der Waals surface area contributed by atoms with E-state index in [9.17, 15) is 0 Å². The third kappa shape index (κ3) is 1.37. The number of hydrogen-bond donors (Lipinski definition) is 2. The molecule has 0 aliphatic rings. The topological polar surface area (TPSA) is 65.2 Å². The van der Waals surface area contributed by atoms with Crippen LogP contribution in [-0.4, -0.2) is 6.54 Å². The van der Waals surface area contributed by atoms with Gasteiger partial charge in [-0.05, 0) is 19.1 Å². The summed E-state index contributed by atoms with van der Waals surface area (Å²) in [5, 5.41) is 0. The molecular formula is C7H12N2O. The van der Waals surface area contributed by atoms with Gasteiger partial charge in [-0.3, -0.25) is 0 Å². The maximum Gasteiger partial charge on any atom is 0.122 e. The normalized spacial score (nSPS) is 13.5. The van der Waals surface area contributed by atoms with Crippen LogP contribution < -0.4 is 11.5 Å². The molecule has 0 fully saturated rings. The molecule has 0 aliphatic heterocycles. The summed E-state index contributed by atoms with van der Waals surface area (Å²) in [5.74, 6) is 1.64. The molecule has 0 bridgehead atoms. The van der Waals surface area contributed by atoms with Crippen molar-refractivity contribution in [3.05, 3.63) is 23.7 Å². The van der Waals surface area contributed by atoms with E-state index in [4.69, 9.17) is 15.9 Å². The van der Waals surface area contributed by atoms with Crippen LogP contribution in [0, 0.1) is 6.92 Å². The monoisotopic (exact) mass is 140 g/mol. The van der Waals surface area contributed by atoms with Gasteiger partial charge in [0.05, 0.1) is 6.04 Å². The molecule has 56 valence electrons. The lowest BCUT2D eigenvalue weighted by Crippen LogP contribution is -2.19. The highest BCUT2D eigenvalue weighted by molar-refractivity contribution is 5.09. The molecule has 0 saturated heterocycles. The first-order valence-electron chi connectivity index (χ1n) is 3.26. The van der Waals surface area contributed by atoms with Crippen LogP contribution in [-0.2, 0) is 0 Å². The molecule has 1 aromatic heterocycles. The summed E-state index contributed by atoms with van der Waals surface area (Å²) in [6, 6.07) is 3.58. The van der Waals surface area contributed by atoms with E-state index in [-0.39, 0.29) is 6.04 Å². The number of nitrogens with two attached hydrogens (primary N) is 2. The smallest absolute Gasteiger partial charge is 0.122 e. The summed E-state index contributed by atoms with van der Waals surface area (Å²) >= 11 is 0. The molecule has 0 saturated carbocycles. The predicted molar refractivity (Wildman–Crippen MR) is 39.4 cm³/mol. The average Bonchev–Trinajstić information content (AvgIpc) is 2.34. The molecule has 1 atom stereocenters. The highest BCUT2D eigenvalue weighted by atomic mass is 16.3. The molecule has 1 rings (SSSR count). The van der Waals surface area contributed by atoms with Gasteiger partial charge in [-0.2, -0.15) is 0 Å². The molecule has 0 spiro atoms. The highest BCUT2D eigenvalue weighted by Gasteiger charge is 2.06. The molecule has 0 aromatic carbocycles. The van der Waals surface area contributed by atoms with Crippen molar-refractivity contribution in [3.8, 4) is 0 Å². The van der Waals surface area contributed by atoms with Crippen molar-refractivity contribution in [1.82, 2.24) is 0 Å². The summed E-state index contributed by atoms with van der Waals surface area (Å²) in [5.41, 5.74) is 10.9. The molecule has 1 heterocycles. The average molecular weight is 140 g/mol. The van der Waals surface area contributed by atoms with Crippen LogP contribution in [0.5, 0.6) is 0 Å². The maximum absolute atomic E-state index is 5.59. The maximum atomic E-state index is 5.59. The van der Waals surface area contributed by atoms with E-state index >= 15 is 0 Å². The first-order valence-corrected chi connectivity index (χ1v) is 3.26. The molecule has 0 aliphatic carbocycles. The second-order valence-corrected chi connectivity index (χ2v) is 2.29. The van der Waals surface area contributed by atoms with Gasteiger partial charge in [0, 0.05) is 6.54 Å². The van der Waals surface area contributed by atoms with Crippen molar-refractivity contribution in [2.24, 2.45) is 11.5 Å². The zero-order valence-corrected chi connectivity index (χ0v) is 6.00. The van der Waals surface area contributed by atoms with Crippen LogP contribution in [0.25, 0.3) is 0 Å². The Bertz CT molecular complexity index is 207. The van der Waals surface area contributed by atoms with Crippen LogP contribution in [0.1, 0.15) is 17.6 Å². The molecule has 1 aromatic rings. The van der Waals surface area contributed by atoms with Crippen LogP contribution in [0.4, 0.5) is 0 Å². The van der Waals surface area contributed by atoms with E-state index in [1.165, 1.54) is 0 Å². The second kappa shape index (κ2) is 2.86. The molecule has 0 radical (unpaired) electrons. The zero-order chi connectivity index (χ0) is 7.56. The lowest BCUT2D eigenvalue weighted by molar-refractivity contribution is 0.449. The number of rotatable bonds is 2. The van der Waals surface area contributed by atoms with Gasteiger partial charge in [-0.25, -0.2) is 0 Å². The second-order valence-electron chi connectivity index (χ2n) is 2.29. The number of aryl methyl sites for hydroxylation is 1. The fourth-order valence-corrected chi connectivity index (χ4v) is 0.769. The van der Waals surface area contributed by atoms with Crippen molar-refractivity contribution in [2.45, 2.75) is 13.0 Å². The lowest BCUT2D eigenvalue weighted by Gasteiger charge is -2.02. The third-order valence-electron chi connectivity index (χ3n) is 1.38. The predicted octanol–water partition coefficient (Wildman–Crippen LogP) is 0.547. The van der Waals surface area contributed by atoms with Gasteiger partial charge < -0.3 is 15.9 Å². The van der Waals surface area contributed by atoms with Crippen LogP contribution in [0.15, 0.2) is 16.5 Å². The lowest BCUT2D eigenvalue weighted by atomic mass is 10.2. The van der Waals surface area contributed by atoms with Crippen molar-refractivity contribution in [2.75, 3.05) is 6.54 Å². The fraction of sp³-hybridized carbons (Fsp3) is 0.429. The van der Waals surface area contributed by atoms with E-state index in [2.05, 4.69) is 0 Å². The molecule has 0 unspecified atom stereocenters. The summed E-state index contributed by atoms with van der Waals surface area (Å²) < 4.78 is 5.23. The van der Waals surface area contributed by atoms with Gasteiger partial charge in [0.25, 0.3) is 0 Å². The SMILES string of the molecule is Cc1ccc([C@@H](N)CN)o1. The Morgan fingerprint density at radius 1 is 1.60 bits per heavy atom. The summed E-state index contributed by atoms with van der Waals surface area (Å²) in [4.78, 5) is 0. The Morgan fingerprint density at radius 3 is 2.70 bits per heavy atom. The van der Waals surface area contributed by atoms with Crippen molar-refractivity contribution in [3.63, 3.8) is 0 Å². The van der Waals surface area contributed by atoms with Crippen molar-refractivity contribution in [1.29, 1.82) is 0 Å². The van der Waals surface area contributed by atoms with Gasteiger partial charge >= 0.3 is 0 Å². The molecular weight excluding hydrogens is 128 g/mol. The zero-order valence-electron chi connectivity index (χ0n) is 6.00. The van der Waals surface area contributed by atoms with Gasteiger partial charge in [-0.15, -0.1) is 0 Å². The minimum Gasteiger partial charge on any atom is -0.465 e. The van der Waals surface area contributed by atoms with E-state index in [1.54, 1.807) is 0 Å². The Balaban J connectivity index is 2.74. The van der Waals surface area contributed by atoms with Gasteiger partial charge in [0.2, 0.25) is 0 Å². The Hall–Kier alpha value is -0.800. The van der Waals surface area contributed by atoms with Gasteiger partial charge in [0.15, 0.2) is 0 Å². The molecule has 0 amide bonds. The van der Waals surface area contributed by atoms with Crippen LogP contribution in [0.2, 0.25) is 0 Å². The highest BCUT2D eigenvalue weighted by Crippen LogP contribution is 2.12. The molecule has 4 N–H and O–H groups in total. The Kier molecular flexibility index (Phi) is 2.09. The number of hydrogen-bond acceptors (Lipinski definition) is 3. The molecule has 3 nitrogen and oxygen atoms in total. The van der Waals surface area contributed by atoms with Crippen LogP contribution in [0.3, 0.4) is 0 Å². The standard InChI is InChI=1S/C7H12N2O/c1-5-2-3-7(10-5)6(9)4-8/h2-3,6H,4,8-9H2,1H3/t6-/m0/s1. The van der Waals surface area contributed by atoms with Crippen molar-refractivity contribution >= 4 is 0 Å². The van der Waals surface area contributed by atoms with Crippen LogP contribution >= 0.6 is 0 Å².